The van der Waals surface area contributed by atoms with Crippen molar-refractivity contribution in [3.63, 3.8) is 0 Å². The molecule has 0 spiro atoms. The Kier molecular flexibility index (Phi) is 3.65. The van der Waals surface area contributed by atoms with Crippen molar-refractivity contribution in [3.05, 3.63) is 64.7 Å². The Morgan fingerprint density at radius 3 is 2.76 bits per heavy atom. The third-order valence-electron chi connectivity index (χ3n) is 4.36. The van der Waals surface area contributed by atoms with Gasteiger partial charge in [0.05, 0.1) is 19.0 Å². The molecular weight excluding hydrogens is 318 g/mol. The quantitative estimate of drug-likeness (QED) is 0.601. The number of hydrogen-bond acceptors (Lipinski definition) is 4. The van der Waals surface area contributed by atoms with Crippen LogP contribution in [0.4, 0.5) is 0 Å². The van der Waals surface area contributed by atoms with Gasteiger partial charge in [-0.1, -0.05) is 12.1 Å². The lowest BCUT2D eigenvalue weighted by Crippen LogP contribution is -2.21. The van der Waals surface area contributed by atoms with E-state index >= 15 is 0 Å². The largest absolute Gasteiger partial charge is 0.508 e. The summed E-state index contributed by atoms with van der Waals surface area (Å²) in [5, 5.41) is 10.2. The Morgan fingerprint density at radius 2 is 2.00 bits per heavy atom. The van der Waals surface area contributed by atoms with Crippen molar-refractivity contribution in [3.8, 4) is 11.5 Å². The fraction of sp³-hybridized carbons (Fsp3) is 0.158. The molecule has 126 valence electrons. The Bertz CT molecular complexity index is 1110. The third-order valence-corrected chi connectivity index (χ3v) is 4.36. The molecule has 2 aromatic carbocycles. The molecular formula is C19H17N3O3. The topological polar surface area (TPSA) is 80.1 Å². The van der Waals surface area contributed by atoms with Crippen LogP contribution in [0.15, 0.2) is 53.6 Å². The highest BCUT2D eigenvalue weighted by atomic mass is 16.5. The van der Waals surface area contributed by atoms with E-state index in [0.29, 0.717) is 24.0 Å². The van der Waals surface area contributed by atoms with Gasteiger partial charge >= 0.3 is 0 Å². The molecule has 0 bridgehead atoms. The molecule has 0 fully saturated rings. The maximum absolute atomic E-state index is 12.7. The van der Waals surface area contributed by atoms with Gasteiger partial charge in [-0.3, -0.25) is 9.36 Å². The Balaban J connectivity index is 1.70. The molecule has 4 aromatic rings. The first-order chi connectivity index (χ1) is 12.2. The number of methoxy groups -OCH3 is 1. The first-order valence-corrected chi connectivity index (χ1v) is 7.98. The van der Waals surface area contributed by atoms with Crippen molar-refractivity contribution >= 4 is 21.9 Å². The van der Waals surface area contributed by atoms with Crippen LogP contribution >= 0.6 is 0 Å². The van der Waals surface area contributed by atoms with Crippen molar-refractivity contribution < 1.29 is 9.84 Å². The molecule has 0 saturated heterocycles. The number of benzene rings is 2. The van der Waals surface area contributed by atoms with E-state index < -0.39 is 0 Å². The molecule has 4 rings (SSSR count). The number of aromatic nitrogens is 3. The van der Waals surface area contributed by atoms with Crippen LogP contribution in [-0.4, -0.2) is 26.8 Å². The van der Waals surface area contributed by atoms with Crippen LogP contribution in [0.1, 0.15) is 5.56 Å². The van der Waals surface area contributed by atoms with Gasteiger partial charge in [0.25, 0.3) is 5.56 Å². The standard InChI is InChI=1S/C19H17N3O3/c1-25-14-6-7-15-16(10-14)21-18-17(15)20-11-22(19(18)24)9-8-12-2-4-13(23)5-3-12/h2-7,10-11,21,23H,8-9H2,1H3. The fourth-order valence-electron chi connectivity index (χ4n) is 2.97. The summed E-state index contributed by atoms with van der Waals surface area (Å²) in [5.74, 6) is 0.962. The number of nitrogens with zero attached hydrogens (tertiary/aromatic N) is 2. The molecule has 6 heteroatoms. The molecule has 0 saturated carbocycles. The zero-order chi connectivity index (χ0) is 17.4. The average Bonchev–Trinajstić information content (AvgIpc) is 3.01. The smallest absolute Gasteiger partial charge is 0.277 e. The van der Waals surface area contributed by atoms with Crippen LogP contribution in [0.25, 0.3) is 21.9 Å². The number of aromatic hydroxyl groups is 1. The van der Waals surface area contributed by atoms with Crippen LogP contribution in [0.5, 0.6) is 11.5 Å². The normalized spacial score (nSPS) is 11.2. The van der Waals surface area contributed by atoms with Gasteiger partial charge in [-0.2, -0.15) is 0 Å². The molecule has 0 atom stereocenters. The SMILES string of the molecule is COc1ccc2c(c1)[nH]c1c(=O)n(CCc3ccc(O)cc3)cnc12. The van der Waals surface area contributed by atoms with Gasteiger partial charge in [-0.05, 0) is 36.2 Å². The predicted octanol–water partition coefficient (Wildman–Crippen LogP) is 2.83. The maximum Gasteiger partial charge on any atom is 0.277 e. The zero-order valence-corrected chi connectivity index (χ0v) is 13.7. The van der Waals surface area contributed by atoms with Crippen LogP contribution in [-0.2, 0) is 13.0 Å². The van der Waals surface area contributed by atoms with Gasteiger partial charge in [0.15, 0.2) is 0 Å². The second kappa shape index (κ2) is 5.98. The minimum Gasteiger partial charge on any atom is -0.508 e. The number of phenols is 1. The molecule has 6 nitrogen and oxygen atoms in total. The summed E-state index contributed by atoms with van der Waals surface area (Å²) in [4.78, 5) is 20.4. The van der Waals surface area contributed by atoms with E-state index in [4.69, 9.17) is 4.74 Å². The van der Waals surface area contributed by atoms with E-state index in [1.807, 2.05) is 30.3 Å². The summed E-state index contributed by atoms with van der Waals surface area (Å²) >= 11 is 0. The highest BCUT2D eigenvalue weighted by molar-refractivity contribution is 6.04. The van der Waals surface area contributed by atoms with E-state index in [-0.39, 0.29) is 11.3 Å². The third kappa shape index (κ3) is 2.71. The summed E-state index contributed by atoms with van der Waals surface area (Å²) in [7, 11) is 1.61. The maximum atomic E-state index is 12.7. The molecule has 0 aliphatic heterocycles. The van der Waals surface area contributed by atoms with Crippen LogP contribution in [0, 0.1) is 0 Å². The number of aryl methyl sites for hydroxylation is 2. The lowest BCUT2D eigenvalue weighted by atomic mass is 10.1. The van der Waals surface area contributed by atoms with Gasteiger partial charge in [-0.15, -0.1) is 0 Å². The van der Waals surface area contributed by atoms with E-state index in [2.05, 4.69) is 9.97 Å². The predicted molar refractivity (Wildman–Crippen MR) is 96.2 cm³/mol. The van der Waals surface area contributed by atoms with Gasteiger partial charge in [0.1, 0.15) is 22.5 Å². The lowest BCUT2D eigenvalue weighted by Gasteiger charge is -2.05. The minimum atomic E-state index is -0.0982. The Morgan fingerprint density at radius 1 is 1.20 bits per heavy atom. The minimum absolute atomic E-state index is 0.0982. The van der Waals surface area contributed by atoms with Crippen molar-refractivity contribution in [2.45, 2.75) is 13.0 Å². The van der Waals surface area contributed by atoms with E-state index in [9.17, 15) is 9.90 Å². The Labute approximate surface area is 143 Å². The van der Waals surface area contributed by atoms with Crippen molar-refractivity contribution in [2.24, 2.45) is 0 Å². The van der Waals surface area contributed by atoms with Crippen molar-refractivity contribution in [2.75, 3.05) is 7.11 Å². The Hall–Kier alpha value is -3.28. The van der Waals surface area contributed by atoms with Gasteiger partial charge < -0.3 is 14.8 Å². The van der Waals surface area contributed by atoms with Crippen molar-refractivity contribution in [1.29, 1.82) is 0 Å². The van der Waals surface area contributed by atoms with Crippen molar-refractivity contribution in [1.82, 2.24) is 14.5 Å². The van der Waals surface area contributed by atoms with E-state index in [1.54, 1.807) is 30.1 Å². The van der Waals surface area contributed by atoms with Gasteiger partial charge in [0.2, 0.25) is 0 Å². The molecule has 0 radical (unpaired) electrons. The first-order valence-electron chi connectivity index (χ1n) is 7.98. The number of aromatic amines is 1. The second-order valence-corrected chi connectivity index (χ2v) is 5.92. The second-order valence-electron chi connectivity index (χ2n) is 5.92. The summed E-state index contributed by atoms with van der Waals surface area (Å²) in [6.07, 6.45) is 2.27. The molecule has 25 heavy (non-hydrogen) atoms. The van der Waals surface area contributed by atoms with Crippen LogP contribution < -0.4 is 10.3 Å². The first kappa shape index (κ1) is 15.3. The molecule has 0 unspecified atom stereocenters. The molecule has 2 heterocycles. The molecule has 0 aliphatic carbocycles. The summed E-state index contributed by atoms with van der Waals surface area (Å²) < 4.78 is 6.83. The molecule has 0 aliphatic rings. The highest BCUT2D eigenvalue weighted by Crippen LogP contribution is 2.25. The lowest BCUT2D eigenvalue weighted by molar-refractivity contribution is 0.415. The van der Waals surface area contributed by atoms with Gasteiger partial charge in [0, 0.05) is 18.0 Å². The molecule has 2 N–H and O–H groups in total. The number of phenolic OH excluding ortho intramolecular Hbond substituents is 1. The monoisotopic (exact) mass is 335 g/mol. The fourth-order valence-corrected chi connectivity index (χ4v) is 2.97. The average molecular weight is 335 g/mol. The van der Waals surface area contributed by atoms with E-state index in [1.165, 1.54) is 0 Å². The summed E-state index contributed by atoms with van der Waals surface area (Å²) in [5.41, 5.74) is 2.94. The zero-order valence-electron chi connectivity index (χ0n) is 13.7. The van der Waals surface area contributed by atoms with Crippen LogP contribution in [0.3, 0.4) is 0 Å². The number of rotatable bonds is 4. The number of H-pyrrole nitrogens is 1. The summed E-state index contributed by atoms with van der Waals surface area (Å²) in [6.45, 7) is 0.519. The number of nitrogens with one attached hydrogen (secondary N) is 1. The molecule has 0 amide bonds. The number of ether oxygens (including phenoxy) is 1. The van der Waals surface area contributed by atoms with Gasteiger partial charge in [-0.25, -0.2) is 4.98 Å². The number of fused-ring (bicyclic) bond motifs is 3. The van der Waals surface area contributed by atoms with E-state index in [0.717, 1.165) is 22.2 Å². The number of hydrogen-bond donors (Lipinski definition) is 2. The van der Waals surface area contributed by atoms with Crippen LogP contribution in [0.2, 0.25) is 0 Å². The highest BCUT2D eigenvalue weighted by Gasteiger charge is 2.11. The summed E-state index contributed by atoms with van der Waals surface area (Å²) in [6, 6.07) is 12.6. The molecule has 2 aromatic heterocycles.